The summed E-state index contributed by atoms with van der Waals surface area (Å²) in [5, 5.41) is 21.7. The first-order valence-electron chi connectivity index (χ1n) is 12.1. The summed E-state index contributed by atoms with van der Waals surface area (Å²) < 4.78 is 4.82. The highest BCUT2D eigenvalue weighted by atomic mass is 16.5. The van der Waals surface area contributed by atoms with Crippen LogP contribution in [-0.4, -0.2) is 41.3 Å². The maximum Gasteiger partial charge on any atom is 0.305 e. The topological polar surface area (TPSA) is 83.8 Å². The van der Waals surface area contributed by atoms with Crippen molar-refractivity contribution in [1.82, 2.24) is 0 Å². The van der Waals surface area contributed by atoms with Gasteiger partial charge in [-0.3, -0.25) is 9.59 Å². The Kier molecular flexibility index (Phi) is 5.85. The van der Waals surface area contributed by atoms with Crippen molar-refractivity contribution >= 4 is 11.8 Å². The van der Waals surface area contributed by atoms with Gasteiger partial charge in [-0.15, -0.1) is 0 Å². The maximum absolute atomic E-state index is 13.4. The fraction of sp³-hybridized carbons (Fsp3) is 0.920. The molecular formula is C25H40O5. The van der Waals surface area contributed by atoms with Gasteiger partial charge in [0.1, 0.15) is 5.78 Å². The summed E-state index contributed by atoms with van der Waals surface area (Å²) >= 11 is 0. The molecule has 4 aliphatic rings. The van der Waals surface area contributed by atoms with Crippen LogP contribution in [0.3, 0.4) is 0 Å². The summed E-state index contributed by atoms with van der Waals surface area (Å²) in [4.78, 5) is 25.1. The van der Waals surface area contributed by atoms with Gasteiger partial charge in [0.2, 0.25) is 0 Å². The van der Waals surface area contributed by atoms with E-state index in [9.17, 15) is 19.8 Å². The van der Waals surface area contributed by atoms with Crippen LogP contribution < -0.4 is 0 Å². The van der Waals surface area contributed by atoms with Gasteiger partial charge in [-0.05, 0) is 80.0 Å². The lowest BCUT2D eigenvalue weighted by molar-refractivity contribution is -0.182. The number of aliphatic hydroxyl groups is 2. The van der Waals surface area contributed by atoms with Crippen molar-refractivity contribution in [2.24, 2.45) is 46.3 Å². The maximum atomic E-state index is 13.4. The minimum absolute atomic E-state index is 0.0488. The van der Waals surface area contributed by atoms with E-state index in [0.29, 0.717) is 36.9 Å². The van der Waals surface area contributed by atoms with E-state index in [1.807, 2.05) is 0 Å². The molecule has 0 aromatic heterocycles. The minimum Gasteiger partial charge on any atom is -0.469 e. The van der Waals surface area contributed by atoms with E-state index < -0.39 is 6.10 Å². The van der Waals surface area contributed by atoms with Crippen molar-refractivity contribution in [3.8, 4) is 0 Å². The highest BCUT2D eigenvalue weighted by Gasteiger charge is 2.65. The number of carbonyl (C=O) groups is 2. The van der Waals surface area contributed by atoms with Gasteiger partial charge in [-0.2, -0.15) is 0 Å². The van der Waals surface area contributed by atoms with Crippen LogP contribution in [0.5, 0.6) is 0 Å². The Balaban J connectivity index is 1.59. The second kappa shape index (κ2) is 7.88. The van der Waals surface area contributed by atoms with Crippen LogP contribution in [0.15, 0.2) is 0 Å². The van der Waals surface area contributed by atoms with Crippen molar-refractivity contribution in [3.63, 3.8) is 0 Å². The molecule has 0 aromatic carbocycles. The molecular weight excluding hydrogens is 380 g/mol. The van der Waals surface area contributed by atoms with Crippen LogP contribution in [0.25, 0.3) is 0 Å². The molecule has 4 aliphatic carbocycles. The first kappa shape index (κ1) is 22.3. The summed E-state index contributed by atoms with van der Waals surface area (Å²) in [6, 6.07) is 0. The molecule has 0 heterocycles. The molecule has 170 valence electrons. The molecule has 5 nitrogen and oxygen atoms in total. The van der Waals surface area contributed by atoms with E-state index in [1.165, 1.54) is 7.11 Å². The molecule has 5 heteroatoms. The second-order valence-corrected chi connectivity index (χ2v) is 11.4. The molecule has 0 aliphatic heterocycles. The molecule has 0 radical (unpaired) electrons. The van der Waals surface area contributed by atoms with Crippen LogP contribution in [0, 0.1) is 46.3 Å². The number of hydrogen-bond acceptors (Lipinski definition) is 5. The van der Waals surface area contributed by atoms with Gasteiger partial charge in [-0.25, -0.2) is 0 Å². The van der Waals surface area contributed by atoms with Gasteiger partial charge >= 0.3 is 5.97 Å². The van der Waals surface area contributed by atoms with E-state index in [1.54, 1.807) is 0 Å². The number of esters is 1. The molecule has 0 bridgehead atoms. The average Bonchev–Trinajstić information content (AvgIpc) is 3.06. The third-order valence-electron chi connectivity index (χ3n) is 10.3. The Bertz CT molecular complexity index is 691. The molecule has 0 unspecified atom stereocenters. The summed E-state index contributed by atoms with van der Waals surface area (Å²) in [5.41, 5.74) is -0.210. The van der Waals surface area contributed by atoms with Crippen molar-refractivity contribution in [3.05, 3.63) is 0 Å². The predicted octanol–water partition coefficient (Wildman–Crippen LogP) is 3.75. The van der Waals surface area contributed by atoms with Crippen molar-refractivity contribution in [2.45, 2.75) is 90.8 Å². The molecule has 0 saturated heterocycles. The standard InChI is InChI=1S/C25H40O5/c1-14(5-8-22(29)30-4)17-6-7-18-23-19(13-21(28)25(17,18)3)24(2)10-9-16(26)11-15(24)12-20(23)27/h14-19,21,23,26,28H,5-13H2,1-4H3/t14-,15-,16+,17-,18-,19+,21-,23+,24-,25+/m0/s1. The van der Waals surface area contributed by atoms with E-state index in [4.69, 9.17) is 4.74 Å². The second-order valence-electron chi connectivity index (χ2n) is 11.4. The number of aliphatic hydroxyl groups excluding tert-OH is 2. The molecule has 0 amide bonds. The van der Waals surface area contributed by atoms with Gasteiger partial charge in [-0.1, -0.05) is 20.8 Å². The first-order valence-corrected chi connectivity index (χ1v) is 12.1. The number of Topliss-reactive ketones (excluding diaryl/α,β-unsaturated/α-hetero) is 1. The largest absolute Gasteiger partial charge is 0.469 e. The summed E-state index contributed by atoms with van der Waals surface area (Å²) in [5.74, 6) is 1.61. The molecule has 30 heavy (non-hydrogen) atoms. The normalized spacial score (nSPS) is 49.0. The molecule has 0 aromatic rings. The zero-order valence-electron chi connectivity index (χ0n) is 19.1. The Labute approximate surface area is 180 Å². The Morgan fingerprint density at radius 3 is 2.60 bits per heavy atom. The highest BCUT2D eigenvalue weighted by Crippen LogP contribution is 2.67. The predicted molar refractivity (Wildman–Crippen MR) is 113 cm³/mol. The number of methoxy groups -OCH3 is 1. The molecule has 10 atom stereocenters. The van der Waals surface area contributed by atoms with Gasteiger partial charge in [0.05, 0.1) is 19.3 Å². The third kappa shape index (κ3) is 3.26. The van der Waals surface area contributed by atoms with E-state index in [0.717, 1.165) is 38.5 Å². The Morgan fingerprint density at radius 1 is 1.17 bits per heavy atom. The monoisotopic (exact) mass is 420 g/mol. The van der Waals surface area contributed by atoms with Crippen LogP contribution in [-0.2, 0) is 14.3 Å². The van der Waals surface area contributed by atoms with E-state index >= 15 is 0 Å². The molecule has 4 rings (SSSR count). The summed E-state index contributed by atoms with van der Waals surface area (Å²) in [6.45, 7) is 6.74. The lowest BCUT2D eigenvalue weighted by atomic mass is 9.43. The van der Waals surface area contributed by atoms with Crippen molar-refractivity contribution in [1.29, 1.82) is 0 Å². The lowest BCUT2D eigenvalue weighted by Gasteiger charge is -2.61. The number of rotatable bonds is 4. The van der Waals surface area contributed by atoms with Crippen molar-refractivity contribution < 1.29 is 24.5 Å². The quantitative estimate of drug-likeness (QED) is 0.677. The SMILES string of the molecule is COC(=O)CC[C@H](C)[C@@H]1CC[C@H]2[C@H]3C(=O)C[C@@H]4C[C@H](O)CC[C@]4(C)[C@@H]3C[C@H](O)[C@@]21C. The summed E-state index contributed by atoms with van der Waals surface area (Å²) in [7, 11) is 1.43. The van der Waals surface area contributed by atoms with Crippen LogP contribution in [0.4, 0.5) is 0 Å². The Morgan fingerprint density at radius 2 is 1.90 bits per heavy atom. The fourth-order valence-corrected chi connectivity index (χ4v) is 8.49. The Hall–Kier alpha value is -0.940. The van der Waals surface area contributed by atoms with Gasteiger partial charge in [0.15, 0.2) is 0 Å². The summed E-state index contributed by atoms with van der Waals surface area (Å²) in [6.07, 6.45) is 6.32. The van der Waals surface area contributed by atoms with Gasteiger partial charge in [0, 0.05) is 24.2 Å². The fourth-order valence-electron chi connectivity index (χ4n) is 8.49. The number of hydrogen-bond donors (Lipinski definition) is 2. The van der Waals surface area contributed by atoms with Crippen molar-refractivity contribution in [2.75, 3.05) is 7.11 Å². The number of carbonyl (C=O) groups excluding carboxylic acids is 2. The van der Waals surface area contributed by atoms with Gasteiger partial charge in [0.25, 0.3) is 0 Å². The van der Waals surface area contributed by atoms with E-state index in [2.05, 4.69) is 20.8 Å². The van der Waals surface area contributed by atoms with E-state index in [-0.39, 0.29) is 46.6 Å². The number of ether oxygens (including phenoxy) is 1. The molecule has 0 spiro atoms. The van der Waals surface area contributed by atoms with Crippen LogP contribution >= 0.6 is 0 Å². The highest BCUT2D eigenvalue weighted by molar-refractivity contribution is 5.83. The third-order valence-corrected chi connectivity index (χ3v) is 10.3. The lowest BCUT2D eigenvalue weighted by Crippen LogP contribution is -2.61. The molecule has 2 N–H and O–H groups in total. The number of ketones is 1. The zero-order valence-corrected chi connectivity index (χ0v) is 19.1. The molecule has 4 fully saturated rings. The minimum atomic E-state index is -0.410. The van der Waals surface area contributed by atoms with Crippen LogP contribution in [0.1, 0.15) is 78.6 Å². The number of fused-ring (bicyclic) bond motifs is 5. The van der Waals surface area contributed by atoms with Gasteiger partial charge < -0.3 is 14.9 Å². The first-order chi connectivity index (χ1) is 14.1. The zero-order chi connectivity index (χ0) is 21.8. The smallest absolute Gasteiger partial charge is 0.305 e. The van der Waals surface area contributed by atoms with Crippen LogP contribution in [0.2, 0.25) is 0 Å². The average molecular weight is 421 g/mol. The molecule has 4 saturated carbocycles.